The molecule has 120 valence electrons. The van der Waals surface area contributed by atoms with Crippen molar-refractivity contribution in [2.75, 3.05) is 39.4 Å². The average molecular weight is 302 g/mol. The molecule has 0 saturated carbocycles. The van der Waals surface area contributed by atoms with E-state index in [1.807, 2.05) is 17.0 Å². The molecular formula is C18H26N2O2. The number of morpholine rings is 1. The van der Waals surface area contributed by atoms with E-state index in [2.05, 4.69) is 17.4 Å². The van der Waals surface area contributed by atoms with Crippen LogP contribution in [0.5, 0.6) is 0 Å². The first kappa shape index (κ1) is 15.5. The minimum atomic E-state index is 0.145. The van der Waals surface area contributed by atoms with Crippen molar-refractivity contribution in [3.8, 4) is 0 Å². The monoisotopic (exact) mass is 302 g/mol. The fourth-order valence-corrected chi connectivity index (χ4v) is 3.35. The van der Waals surface area contributed by atoms with Gasteiger partial charge in [0.25, 0.3) is 5.91 Å². The zero-order chi connectivity index (χ0) is 15.2. The summed E-state index contributed by atoms with van der Waals surface area (Å²) in [5.74, 6) is 0.979. The van der Waals surface area contributed by atoms with Gasteiger partial charge in [-0.2, -0.15) is 0 Å². The van der Waals surface area contributed by atoms with E-state index in [1.165, 1.54) is 24.8 Å². The van der Waals surface area contributed by atoms with Gasteiger partial charge in [-0.25, -0.2) is 0 Å². The Bertz CT molecular complexity index is 492. The first-order valence-electron chi connectivity index (χ1n) is 8.49. The van der Waals surface area contributed by atoms with Gasteiger partial charge in [-0.15, -0.1) is 0 Å². The predicted molar refractivity (Wildman–Crippen MR) is 87.1 cm³/mol. The lowest BCUT2D eigenvalue weighted by Gasteiger charge is -2.27. The maximum atomic E-state index is 12.5. The third-order valence-corrected chi connectivity index (χ3v) is 4.77. The molecule has 0 unspecified atom stereocenters. The van der Waals surface area contributed by atoms with Gasteiger partial charge in [0.05, 0.1) is 13.2 Å². The Hall–Kier alpha value is -1.39. The molecular weight excluding hydrogens is 276 g/mol. The van der Waals surface area contributed by atoms with Gasteiger partial charge in [0.15, 0.2) is 0 Å². The number of nitrogens with one attached hydrogen (secondary N) is 1. The van der Waals surface area contributed by atoms with E-state index in [-0.39, 0.29) is 5.91 Å². The summed E-state index contributed by atoms with van der Waals surface area (Å²) in [4.78, 5) is 14.4. The van der Waals surface area contributed by atoms with E-state index >= 15 is 0 Å². The number of carbonyl (C=O) groups excluding carboxylic acids is 1. The SMILES string of the molecule is O=C(c1cccc(CCC2CCNCC2)c1)N1CCOCC1. The van der Waals surface area contributed by atoms with Crippen LogP contribution in [-0.4, -0.2) is 50.2 Å². The number of nitrogens with zero attached hydrogens (tertiary/aromatic N) is 1. The number of benzene rings is 1. The molecule has 2 saturated heterocycles. The quantitative estimate of drug-likeness (QED) is 0.926. The molecule has 22 heavy (non-hydrogen) atoms. The molecule has 0 atom stereocenters. The van der Waals surface area contributed by atoms with E-state index < -0.39 is 0 Å². The predicted octanol–water partition coefficient (Wildman–Crippen LogP) is 2.09. The Morgan fingerprint density at radius 1 is 1.23 bits per heavy atom. The molecule has 0 aliphatic carbocycles. The molecule has 1 aromatic rings. The highest BCUT2D eigenvalue weighted by molar-refractivity contribution is 5.94. The van der Waals surface area contributed by atoms with Crippen LogP contribution in [0.1, 0.15) is 35.2 Å². The Morgan fingerprint density at radius 3 is 2.77 bits per heavy atom. The molecule has 2 aliphatic rings. The minimum absolute atomic E-state index is 0.145. The zero-order valence-electron chi connectivity index (χ0n) is 13.2. The van der Waals surface area contributed by atoms with Gasteiger partial charge < -0.3 is 15.0 Å². The summed E-state index contributed by atoms with van der Waals surface area (Å²) in [6, 6.07) is 8.19. The number of piperidine rings is 1. The summed E-state index contributed by atoms with van der Waals surface area (Å²) in [7, 11) is 0. The Kier molecular flexibility index (Phi) is 5.46. The molecule has 2 heterocycles. The maximum Gasteiger partial charge on any atom is 0.254 e. The number of ether oxygens (including phenoxy) is 1. The zero-order valence-corrected chi connectivity index (χ0v) is 13.2. The highest BCUT2D eigenvalue weighted by Crippen LogP contribution is 2.19. The number of hydrogen-bond acceptors (Lipinski definition) is 3. The van der Waals surface area contributed by atoms with Crippen LogP contribution in [0, 0.1) is 5.92 Å². The Balaban J connectivity index is 1.58. The molecule has 2 fully saturated rings. The van der Waals surface area contributed by atoms with E-state index in [9.17, 15) is 4.79 Å². The standard InChI is InChI=1S/C18H26N2O2/c21-18(20-10-12-22-13-11-20)17-3-1-2-16(14-17)5-4-15-6-8-19-9-7-15/h1-3,14-15,19H,4-13H2. The van der Waals surface area contributed by atoms with Crippen molar-refractivity contribution in [3.63, 3.8) is 0 Å². The van der Waals surface area contributed by atoms with Crippen molar-refractivity contribution in [2.45, 2.75) is 25.7 Å². The van der Waals surface area contributed by atoms with Gasteiger partial charge in [0, 0.05) is 18.7 Å². The molecule has 0 aromatic heterocycles. The molecule has 4 heteroatoms. The molecule has 1 aromatic carbocycles. The lowest BCUT2D eigenvalue weighted by molar-refractivity contribution is 0.0303. The van der Waals surface area contributed by atoms with Crippen molar-refractivity contribution < 1.29 is 9.53 Å². The summed E-state index contributed by atoms with van der Waals surface area (Å²) in [6.07, 6.45) is 4.88. The van der Waals surface area contributed by atoms with E-state index in [0.29, 0.717) is 26.3 Å². The van der Waals surface area contributed by atoms with Crippen LogP contribution < -0.4 is 5.32 Å². The fraction of sp³-hybridized carbons (Fsp3) is 0.611. The summed E-state index contributed by atoms with van der Waals surface area (Å²) < 4.78 is 5.32. The highest BCUT2D eigenvalue weighted by Gasteiger charge is 2.19. The third kappa shape index (κ3) is 4.08. The Morgan fingerprint density at radius 2 is 2.00 bits per heavy atom. The van der Waals surface area contributed by atoms with Crippen molar-refractivity contribution in [2.24, 2.45) is 5.92 Å². The number of aryl methyl sites for hydroxylation is 1. The smallest absolute Gasteiger partial charge is 0.254 e. The second-order valence-electron chi connectivity index (χ2n) is 6.34. The molecule has 0 bridgehead atoms. The van der Waals surface area contributed by atoms with Gasteiger partial charge in [0.1, 0.15) is 0 Å². The molecule has 3 rings (SSSR count). The average Bonchev–Trinajstić information content (AvgIpc) is 2.61. The van der Waals surface area contributed by atoms with Crippen LogP contribution in [0.15, 0.2) is 24.3 Å². The van der Waals surface area contributed by atoms with E-state index in [4.69, 9.17) is 4.74 Å². The summed E-state index contributed by atoms with van der Waals surface area (Å²) >= 11 is 0. The molecule has 4 nitrogen and oxygen atoms in total. The summed E-state index contributed by atoms with van der Waals surface area (Å²) in [5.41, 5.74) is 2.11. The van der Waals surface area contributed by atoms with Gasteiger partial charge in [0.2, 0.25) is 0 Å². The van der Waals surface area contributed by atoms with Gasteiger partial charge in [-0.05, 0) is 62.4 Å². The molecule has 2 aliphatic heterocycles. The second-order valence-corrected chi connectivity index (χ2v) is 6.34. The minimum Gasteiger partial charge on any atom is -0.378 e. The first-order chi connectivity index (χ1) is 10.8. The topological polar surface area (TPSA) is 41.6 Å². The van der Waals surface area contributed by atoms with Crippen molar-refractivity contribution in [3.05, 3.63) is 35.4 Å². The number of rotatable bonds is 4. The van der Waals surface area contributed by atoms with Crippen LogP contribution in [0.4, 0.5) is 0 Å². The van der Waals surface area contributed by atoms with Crippen LogP contribution in [0.3, 0.4) is 0 Å². The van der Waals surface area contributed by atoms with Crippen molar-refractivity contribution >= 4 is 5.91 Å². The van der Waals surface area contributed by atoms with Crippen molar-refractivity contribution in [1.29, 1.82) is 0 Å². The van der Waals surface area contributed by atoms with Gasteiger partial charge in [-0.3, -0.25) is 4.79 Å². The van der Waals surface area contributed by atoms with E-state index in [1.54, 1.807) is 0 Å². The molecule has 0 spiro atoms. The molecule has 1 N–H and O–H groups in total. The number of hydrogen-bond donors (Lipinski definition) is 1. The normalized spacial score (nSPS) is 20.1. The van der Waals surface area contributed by atoms with Crippen LogP contribution >= 0.6 is 0 Å². The summed E-state index contributed by atoms with van der Waals surface area (Å²) in [6.45, 7) is 5.03. The first-order valence-corrected chi connectivity index (χ1v) is 8.49. The lowest BCUT2D eigenvalue weighted by Crippen LogP contribution is -2.40. The highest BCUT2D eigenvalue weighted by atomic mass is 16.5. The number of amides is 1. The van der Waals surface area contributed by atoms with Crippen molar-refractivity contribution in [1.82, 2.24) is 10.2 Å². The van der Waals surface area contributed by atoms with E-state index in [0.717, 1.165) is 31.0 Å². The van der Waals surface area contributed by atoms with Crippen LogP contribution in [0.25, 0.3) is 0 Å². The van der Waals surface area contributed by atoms with Gasteiger partial charge >= 0.3 is 0 Å². The lowest BCUT2D eigenvalue weighted by atomic mass is 9.91. The Labute approximate surface area is 132 Å². The maximum absolute atomic E-state index is 12.5. The summed E-state index contributed by atoms with van der Waals surface area (Å²) in [5, 5.41) is 3.41. The molecule has 1 amide bonds. The van der Waals surface area contributed by atoms with Crippen LogP contribution in [0.2, 0.25) is 0 Å². The van der Waals surface area contributed by atoms with Crippen LogP contribution in [-0.2, 0) is 11.2 Å². The molecule has 0 radical (unpaired) electrons. The largest absolute Gasteiger partial charge is 0.378 e. The van der Waals surface area contributed by atoms with Gasteiger partial charge in [-0.1, -0.05) is 12.1 Å². The second kappa shape index (κ2) is 7.75. The fourth-order valence-electron chi connectivity index (χ4n) is 3.35. The number of carbonyl (C=O) groups is 1. The third-order valence-electron chi connectivity index (χ3n) is 4.77.